The van der Waals surface area contributed by atoms with Crippen molar-refractivity contribution >= 4 is 12.1 Å². The topological polar surface area (TPSA) is 51.0 Å². The van der Waals surface area contributed by atoms with E-state index in [0.717, 1.165) is 11.1 Å². The van der Waals surface area contributed by atoms with Gasteiger partial charge in [0.15, 0.2) is 0 Å². The maximum Gasteiger partial charge on any atom is 0.325 e. The predicted octanol–water partition coefficient (Wildman–Crippen LogP) is 3.96. The van der Waals surface area contributed by atoms with Gasteiger partial charge in [-0.05, 0) is 23.8 Å². The third-order valence-corrected chi connectivity index (χ3v) is 2.81. The molecule has 0 spiro atoms. The number of halogens is 1. The van der Waals surface area contributed by atoms with E-state index in [1.807, 2.05) is 30.3 Å². The zero-order valence-electron chi connectivity index (χ0n) is 11.0. The third-order valence-electron chi connectivity index (χ3n) is 2.81. The van der Waals surface area contributed by atoms with E-state index in [1.165, 1.54) is 12.1 Å². The van der Waals surface area contributed by atoms with E-state index in [4.69, 9.17) is 4.52 Å². The summed E-state index contributed by atoms with van der Waals surface area (Å²) in [5.41, 5.74) is 1.75. The van der Waals surface area contributed by atoms with Crippen molar-refractivity contribution in [3.63, 3.8) is 0 Å². The van der Waals surface area contributed by atoms with Crippen molar-refractivity contribution in [1.82, 2.24) is 10.1 Å². The van der Waals surface area contributed by atoms with Gasteiger partial charge in [-0.3, -0.25) is 0 Å². The summed E-state index contributed by atoms with van der Waals surface area (Å²) in [5, 5.41) is 6.77. The van der Waals surface area contributed by atoms with E-state index >= 15 is 0 Å². The molecule has 3 aromatic rings. The summed E-state index contributed by atoms with van der Waals surface area (Å²) in [6.07, 6.45) is 3.45. The number of aromatic nitrogens is 2. The molecule has 0 saturated carbocycles. The molecule has 1 aromatic heterocycles. The van der Waals surface area contributed by atoms with Gasteiger partial charge in [0.1, 0.15) is 5.82 Å². The summed E-state index contributed by atoms with van der Waals surface area (Å²) in [7, 11) is 0. The summed E-state index contributed by atoms with van der Waals surface area (Å²) in [5.74, 6) is 0.262. The standard InChI is InChI=1S/C16H12FN3O/c17-14-8-6-12(7-9-14)10-11-18-16-19-15(20-21-16)13-4-2-1-3-5-13/h1-11H,(H,18,19,20). The fraction of sp³-hybridized carbons (Fsp3) is 0. The van der Waals surface area contributed by atoms with Gasteiger partial charge >= 0.3 is 6.01 Å². The van der Waals surface area contributed by atoms with E-state index in [9.17, 15) is 4.39 Å². The molecule has 0 aliphatic heterocycles. The van der Waals surface area contributed by atoms with E-state index in [0.29, 0.717) is 11.8 Å². The Balaban J connectivity index is 1.66. The summed E-state index contributed by atoms with van der Waals surface area (Å²) >= 11 is 0. The van der Waals surface area contributed by atoms with Crippen molar-refractivity contribution in [2.75, 3.05) is 5.32 Å². The Morgan fingerprint density at radius 2 is 1.76 bits per heavy atom. The van der Waals surface area contributed by atoms with Crippen LogP contribution in [-0.4, -0.2) is 10.1 Å². The molecule has 0 aliphatic carbocycles. The molecule has 0 aliphatic rings. The second-order valence-corrected chi connectivity index (χ2v) is 4.32. The van der Waals surface area contributed by atoms with Crippen LogP contribution in [0.1, 0.15) is 5.56 Å². The van der Waals surface area contributed by atoms with Crippen LogP contribution in [0.2, 0.25) is 0 Å². The molecule has 1 heterocycles. The smallest absolute Gasteiger partial charge is 0.315 e. The van der Waals surface area contributed by atoms with Crippen molar-refractivity contribution in [1.29, 1.82) is 0 Å². The molecular weight excluding hydrogens is 269 g/mol. The molecule has 4 nitrogen and oxygen atoms in total. The molecule has 2 aromatic carbocycles. The Labute approximate surface area is 120 Å². The lowest BCUT2D eigenvalue weighted by Crippen LogP contribution is -1.87. The number of hydrogen-bond donors (Lipinski definition) is 1. The van der Waals surface area contributed by atoms with Gasteiger partial charge in [0.2, 0.25) is 5.82 Å². The van der Waals surface area contributed by atoms with E-state index in [-0.39, 0.29) is 5.82 Å². The zero-order valence-corrected chi connectivity index (χ0v) is 11.0. The summed E-state index contributed by atoms with van der Waals surface area (Å²) in [6, 6.07) is 16.0. The monoisotopic (exact) mass is 281 g/mol. The molecular formula is C16H12FN3O. The number of anilines is 1. The molecule has 0 radical (unpaired) electrons. The Hall–Kier alpha value is -2.95. The van der Waals surface area contributed by atoms with Gasteiger partial charge in [0.25, 0.3) is 0 Å². The first-order valence-corrected chi connectivity index (χ1v) is 6.39. The highest BCUT2D eigenvalue weighted by Crippen LogP contribution is 2.16. The lowest BCUT2D eigenvalue weighted by Gasteiger charge is -1.93. The van der Waals surface area contributed by atoms with Crippen LogP contribution in [0.25, 0.3) is 17.5 Å². The number of rotatable bonds is 4. The first-order chi connectivity index (χ1) is 10.3. The molecule has 3 rings (SSSR count). The molecule has 0 amide bonds. The molecule has 104 valence electrons. The van der Waals surface area contributed by atoms with Crippen LogP contribution < -0.4 is 5.32 Å². The SMILES string of the molecule is Fc1ccc(C=CNc2nc(-c3ccccc3)no2)cc1. The second-order valence-electron chi connectivity index (χ2n) is 4.32. The van der Waals surface area contributed by atoms with Crippen LogP contribution in [-0.2, 0) is 0 Å². The molecule has 21 heavy (non-hydrogen) atoms. The number of nitrogens with one attached hydrogen (secondary N) is 1. The Bertz CT molecular complexity index is 736. The second kappa shape index (κ2) is 6.00. The molecule has 1 N–H and O–H groups in total. The van der Waals surface area contributed by atoms with Gasteiger partial charge in [0.05, 0.1) is 0 Å². The number of nitrogens with zero attached hydrogens (tertiary/aromatic N) is 2. The first kappa shape index (κ1) is 13.1. The predicted molar refractivity (Wildman–Crippen MR) is 78.8 cm³/mol. The summed E-state index contributed by atoms with van der Waals surface area (Å²) < 4.78 is 17.9. The molecule has 0 saturated heterocycles. The minimum absolute atomic E-state index is 0.260. The average molecular weight is 281 g/mol. The average Bonchev–Trinajstić information content (AvgIpc) is 2.99. The molecule has 0 unspecified atom stereocenters. The van der Waals surface area contributed by atoms with E-state index in [2.05, 4.69) is 15.5 Å². The van der Waals surface area contributed by atoms with Crippen LogP contribution in [0.5, 0.6) is 0 Å². The number of benzene rings is 2. The van der Waals surface area contributed by atoms with Crippen LogP contribution >= 0.6 is 0 Å². The largest absolute Gasteiger partial charge is 0.325 e. The van der Waals surface area contributed by atoms with Gasteiger partial charge in [0, 0.05) is 11.8 Å². The Morgan fingerprint density at radius 3 is 2.52 bits per heavy atom. The molecule has 0 atom stereocenters. The Morgan fingerprint density at radius 1 is 1.00 bits per heavy atom. The highest BCUT2D eigenvalue weighted by atomic mass is 19.1. The summed E-state index contributed by atoms with van der Waals surface area (Å²) in [4.78, 5) is 4.23. The molecule has 5 heteroatoms. The van der Waals surface area contributed by atoms with Crippen LogP contribution in [0.3, 0.4) is 0 Å². The maximum absolute atomic E-state index is 12.8. The van der Waals surface area contributed by atoms with Crippen molar-refractivity contribution in [2.45, 2.75) is 0 Å². The van der Waals surface area contributed by atoms with Gasteiger partial charge in [-0.15, -0.1) is 0 Å². The maximum atomic E-state index is 12.8. The minimum Gasteiger partial charge on any atom is -0.315 e. The van der Waals surface area contributed by atoms with Gasteiger partial charge in [-0.1, -0.05) is 47.6 Å². The fourth-order valence-electron chi connectivity index (χ4n) is 1.77. The normalized spacial score (nSPS) is 10.9. The van der Waals surface area contributed by atoms with Crippen molar-refractivity contribution in [3.8, 4) is 11.4 Å². The highest BCUT2D eigenvalue weighted by Gasteiger charge is 2.06. The van der Waals surface area contributed by atoms with E-state index in [1.54, 1.807) is 24.4 Å². The van der Waals surface area contributed by atoms with Gasteiger partial charge in [-0.25, -0.2) is 4.39 Å². The summed E-state index contributed by atoms with van der Waals surface area (Å²) in [6.45, 7) is 0. The lowest BCUT2D eigenvalue weighted by atomic mass is 10.2. The zero-order chi connectivity index (χ0) is 14.5. The van der Waals surface area contributed by atoms with Gasteiger partial charge < -0.3 is 9.84 Å². The van der Waals surface area contributed by atoms with Crippen molar-refractivity contribution in [3.05, 3.63) is 72.2 Å². The third kappa shape index (κ3) is 3.33. The fourth-order valence-corrected chi connectivity index (χ4v) is 1.77. The quantitative estimate of drug-likeness (QED) is 0.786. The number of hydrogen-bond acceptors (Lipinski definition) is 4. The van der Waals surface area contributed by atoms with Crippen LogP contribution in [0, 0.1) is 5.82 Å². The van der Waals surface area contributed by atoms with E-state index < -0.39 is 0 Å². The van der Waals surface area contributed by atoms with Crippen molar-refractivity contribution < 1.29 is 8.91 Å². The minimum atomic E-state index is -0.260. The lowest BCUT2D eigenvalue weighted by molar-refractivity contribution is 0.435. The molecule has 0 fully saturated rings. The van der Waals surface area contributed by atoms with Crippen LogP contribution in [0.15, 0.2) is 65.3 Å². The first-order valence-electron chi connectivity index (χ1n) is 6.39. The highest BCUT2D eigenvalue weighted by molar-refractivity contribution is 5.56. The van der Waals surface area contributed by atoms with Gasteiger partial charge in [-0.2, -0.15) is 4.98 Å². The molecule has 0 bridgehead atoms. The van der Waals surface area contributed by atoms with Crippen molar-refractivity contribution in [2.24, 2.45) is 0 Å². The Kier molecular flexibility index (Phi) is 3.73. The van der Waals surface area contributed by atoms with Crippen LogP contribution in [0.4, 0.5) is 10.4 Å².